The first-order valence-electron chi connectivity index (χ1n) is 21.5. The highest BCUT2D eigenvalue weighted by molar-refractivity contribution is 6.38. The maximum atomic E-state index is 12.4. The summed E-state index contributed by atoms with van der Waals surface area (Å²) in [5.41, 5.74) is -3.44. The van der Waals surface area contributed by atoms with Crippen LogP contribution in [0.3, 0.4) is 0 Å². The van der Waals surface area contributed by atoms with Gasteiger partial charge < -0.3 is 86.1 Å². The summed E-state index contributed by atoms with van der Waals surface area (Å²) in [6.07, 6.45) is 0. The molecule has 22 heteroatoms. The third kappa shape index (κ3) is 6.76. The highest BCUT2D eigenvalue weighted by Crippen LogP contribution is 2.61. The summed E-state index contributed by atoms with van der Waals surface area (Å²) in [7, 11) is 2.19. The van der Waals surface area contributed by atoms with Crippen LogP contribution in [0.25, 0.3) is 101 Å². The van der Waals surface area contributed by atoms with Crippen molar-refractivity contribution in [1.29, 1.82) is 0 Å². The standard InChI is InChI=1S/C51H35B2N3O17/c52-29-42(68)35(61)25(36(62)43(29)69)24-33(59)37(63)27(38(64)34(24)60)50-54-49(55-51(56-50)28-39(65)44(70)30(53)45(71)40(28)66)26-31(57)23(32(58)46(72)41(26)67)20-13-7-12-19-22-15-18(16-8-3-1-4-9-16)14-21(48(22)73-47(19)20)17-10-5-2-6-11-17/h1-15,57-72H,52-53H2. The first-order chi connectivity index (χ1) is 34.7. The molecule has 0 aliphatic rings. The molecule has 0 radical (unpaired) electrons. The van der Waals surface area contributed by atoms with Crippen LogP contribution < -0.4 is 10.9 Å². The van der Waals surface area contributed by atoms with Gasteiger partial charge in [0.05, 0.1) is 16.7 Å². The van der Waals surface area contributed by atoms with E-state index in [0.29, 0.717) is 21.9 Å². The number of hydrogen-bond donors (Lipinski definition) is 16. The minimum Gasteiger partial charge on any atom is -0.506 e. The van der Waals surface area contributed by atoms with Gasteiger partial charge in [0.25, 0.3) is 0 Å². The molecule has 2 aromatic heterocycles. The van der Waals surface area contributed by atoms with E-state index in [0.717, 1.165) is 32.4 Å². The second kappa shape index (κ2) is 16.6. The van der Waals surface area contributed by atoms with Gasteiger partial charge in [0.1, 0.15) is 49.3 Å². The van der Waals surface area contributed by atoms with Crippen LogP contribution in [-0.4, -0.2) is 112 Å². The van der Waals surface area contributed by atoms with Gasteiger partial charge in [-0.3, -0.25) is 0 Å². The van der Waals surface area contributed by atoms with Crippen molar-refractivity contribution < 1.29 is 86.1 Å². The van der Waals surface area contributed by atoms with Crippen LogP contribution in [0.5, 0.6) is 92.0 Å². The Bertz CT molecular complexity index is 3930. The topological polar surface area (TPSA) is 375 Å². The minimum atomic E-state index is -1.49. The molecule has 0 spiro atoms. The Morgan fingerprint density at radius 1 is 0.288 bits per heavy atom. The van der Waals surface area contributed by atoms with E-state index >= 15 is 0 Å². The van der Waals surface area contributed by atoms with Crippen molar-refractivity contribution in [3.05, 3.63) is 91.0 Å². The maximum absolute atomic E-state index is 12.4. The third-order valence-corrected chi connectivity index (χ3v) is 12.7. The van der Waals surface area contributed by atoms with E-state index in [-0.39, 0.29) is 11.1 Å². The Morgan fingerprint density at radius 3 is 1.14 bits per heavy atom. The van der Waals surface area contributed by atoms with E-state index in [4.69, 9.17) is 4.42 Å². The first-order valence-corrected chi connectivity index (χ1v) is 21.5. The predicted molar refractivity (Wildman–Crippen MR) is 268 cm³/mol. The highest BCUT2D eigenvalue weighted by Gasteiger charge is 2.36. The molecule has 0 aliphatic carbocycles. The van der Waals surface area contributed by atoms with Gasteiger partial charge in [0.2, 0.25) is 5.75 Å². The van der Waals surface area contributed by atoms with Crippen LogP contribution in [0, 0.1) is 0 Å². The molecule has 0 unspecified atom stereocenters. The summed E-state index contributed by atoms with van der Waals surface area (Å²) in [6, 6.07) is 27.3. The Kier molecular flexibility index (Phi) is 10.5. The summed E-state index contributed by atoms with van der Waals surface area (Å²) >= 11 is 0. The van der Waals surface area contributed by atoms with Gasteiger partial charge in [0.15, 0.2) is 98.0 Å². The summed E-state index contributed by atoms with van der Waals surface area (Å²) in [6.45, 7) is 0. The lowest BCUT2D eigenvalue weighted by Gasteiger charge is -2.19. The van der Waals surface area contributed by atoms with Crippen molar-refractivity contribution in [2.75, 3.05) is 0 Å². The molecule has 0 amide bonds. The Labute approximate surface area is 410 Å². The van der Waals surface area contributed by atoms with Gasteiger partial charge in [-0.25, -0.2) is 15.0 Å². The van der Waals surface area contributed by atoms with Crippen molar-refractivity contribution in [1.82, 2.24) is 15.0 Å². The number of fused-ring (bicyclic) bond motifs is 3. The zero-order chi connectivity index (χ0) is 52.2. The number of phenols is 16. The molecule has 362 valence electrons. The molecule has 0 aliphatic heterocycles. The number of benzene rings is 8. The number of nitrogens with zero attached hydrogens (tertiary/aromatic N) is 3. The molecule has 0 atom stereocenters. The fraction of sp³-hybridized carbons (Fsp3) is 0. The number of furan rings is 1. The zero-order valence-electron chi connectivity index (χ0n) is 37.6. The molecule has 0 bridgehead atoms. The second-order valence-electron chi connectivity index (χ2n) is 16.8. The lowest BCUT2D eigenvalue weighted by atomic mass is 9.88. The molecule has 8 aromatic carbocycles. The van der Waals surface area contributed by atoms with Crippen LogP contribution in [0.2, 0.25) is 0 Å². The van der Waals surface area contributed by atoms with Gasteiger partial charge in [-0.1, -0.05) is 78.9 Å². The van der Waals surface area contributed by atoms with E-state index in [1.54, 1.807) is 12.1 Å². The van der Waals surface area contributed by atoms with Crippen molar-refractivity contribution >= 4 is 48.6 Å². The van der Waals surface area contributed by atoms with Gasteiger partial charge in [-0.15, -0.1) is 0 Å². The van der Waals surface area contributed by atoms with E-state index in [1.165, 1.54) is 6.07 Å². The maximum Gasteiger partial charge on any atom is 0.202 e. The summed E-state index contributed by atoms with van der Waals surface area (Å²) in [5.74, 6) is -22.9. The van der Waals surface area contributed by atoms with Crippen molar-refractivity contribution in [3.8, 4) is 171 Å². The fourth-order valence-electron chi connectivity index (χ4n) is 8.83. The smallest absolute Gasteiger partial charge is 0.202 e. The lowest BCUT2D eigenvalue weighted by Crippen LogP contribution is -2.07. The molecular weight excluding hydrogens is 948 g/mol. The zero-order valence-corrected chi connectivity index (χ0v) is 37.6. The van der Waals surface area contributed by atoms with Gasteiger partial charge in [-0.2, -0.15) is 0 Å². The van der Waals surface area contributed by atoms with E-state index < -0.39 is 154 Å². The molecule has 0 saturated carbocycles. The molecular formula is C51H35B2N3O17. The van der Waals surface area contributed by atoms with Crippen LogP contribution in [-0.2, 0) is 0 Å². The first kappa shape index (κ1) is 46.2. The number of phenolic OH excluding ortho intramolecular Hbond substituents is 16. The second-order valence-corrected chi connectivity index (χ2v) is 16.8. The number of para-hydroxylation sites is 1. The number of hydrogen-bond acceptors (Lipinski definition) is 20. The quantitative estimate of drug-likeness (QED) is 0.0551. The highest BCUT2D eigenvalue weighted by atomic mass is 16.4. The van der Waals surface area contributed by atoms with Gasteiger partial charge in [-0.05, 0) is 28.8 Å². The van der Waals surface area contributed by atoms with Gasteiger partial charge >= 0.3 is 0 Å². The van der Waals surface area contributed by atoms with Crippen LogP contribution in [0.1, 0.15) is 0 Å². The Balaban J connectivity index is 1.26. The summed E-state index contributed by atoms with van der Waals surface area (Å²) in [5, 5.41) is 180. The molecule has 0 fully saturated rings. The Morgan fingerprint density at radius 2 is 0.658 bits per heavy atom. The fourth-order valence-corrected chi connectivity index (χ4v) is 8.83. The predicted octanol–water partition coefficient (Wildman–Crippen LogP) is 5.25. The monoisotopic (exact) mass is 983 g/mol. The Hall–Kier alpha value is -10.5. The van der Waals surface area contributed by atoms with Crippen LogP contribution >= 0.6 is 0 Å². The average Bonchev–Trinajstić information content (AvgIpc) is 3.78. The number of aromatic nitrogens is 3. The van der Waals surface area contributed by atoms with E-state index in [2.05, 4.69) is 15.0 Å². The van der Waals surface area contributed by atoms with Crippen molar-refractivity contribution in [2.24, 2.45) is 0 Å². The average molecular weight is 983 g/mol. The minimum absolute atomic E-state index is 0.0483. The van der Waals surface area contributed by atoms with Crippen LogP contribution in [0.15, 0.2) is 95.4 Å². The van der Waals surface area contributed by atoms with E-state index in [1.807, 2.05) is 72.8 Å². The number of rotatable bonds is 7. The van der Waals surface area contributed by atoms with Crippen molar-refractivity contribution in [3.63, 3.8) is 0 Å². The third-order valence-electron chi connectivity index (χ3n) is 12.7. The molecule has 16 N–H and O–H groups in total. The normalized spacial score (nSPS) is 11.5. The van der Waals surface area contributed by atoms with Crippen LogP contribution in [0.4, 0.5) is 0 Å². The van der Waals surface area contributed by atoms with E-state index in [9.17, 15) is 81.7 Å². The molecule has 10 rings (SSSR count). The van der Waals surface area contributed by atoms with Gasteiger partial charge in [0, 0.05) is 32.8 Å². The van der Waals surface area contributed by atoms with Crippen molar-refractivity contribution in [2.45, 2.75) is 0 Å². The molecule has 10 aromatic rings. The molecule has 20 nitrogen and oxygen atoms in total. The summed E-state index contributed by atoms with van der Waals surface area (Å²) < 4.78 is 6.60. The molecule has 0 saturated heterocycles. The SMILES string of the molecule is Bc1c(O)c(O)c(-c2nc(-c3c(O)c(O)c(-c4c(O)c(O)c(B)c(O)c4O)c(O)c3O)nc(-c3c(O)c(O)c(O)c(-c4cccc5c4oc4c(-c6ccccc6)cc(-c6ccccc6)cc45)c3O)n2)c(O)c1O. The largest absolute Gasteiger partial charge is 0.506 e. The molecule has 2 heterocycles. The number of aromatic hydroxyl groups is 16. The summed E-state index contributed by atoms with van der Waals surface area (Å²) in [4.78, 5) is 12.3. The lowest BCUT2D eigenvalue weighted by molar-refractivity contribution is 0.364. The molecule has 73 heavy (non-hydrogen) atoms.